The number of thioether (sulfide) groups is 1. The first kappa shape index (κ1) is 15.0. The van der Waals surface area contributed by atoms with E-state index < -0.39 is 0 Å². The largest absolute Gasteiger partial charge is 0.326 e. The number of anilines is 1. The highest BCUT2D eigenvalue weighted by atomic mass is 32.2. The van der Waals surface area contributed by atoms with Crippen LogP contribution in [-0.2, 0) is 4.79 Å². The monoisotopic (exact) mass is 318 g/mol. The molecule has 2 heterocycles. The van der Waals surface area contributed by atoms with Crippen molar-refractivity contribution in [2.24, 2.45) is 0 Å². The topological polar surface area (TPSA) is 84.7 Å². The molecule has 0 aliphatic carbocycles. The smallest absolute Gasteiger partial charge is 0.225 e. The maximum Gasteiger partial charge on any atom is 0.225 e. The highest BCUT2D eigenvalue weighted by Gasteiger charge is 2.16. The lowest BCUT2D eigenvalue weighted by atomic mass is 10.2. The molecule has 2 N–H and O–H groups in total. The average Bonchev–Trinajstić information content (AvgIpc) is 2.94. The summed E-state index contributed by atoms with van der Waals surface area (Å²) in [5.41, 5.74) is 1.58. The van der Waals surface area contributed by atoms with Crippen molar-refractivity contribution in [3.05, 3.63) is 30.1 Å². The molecule has 116 valence electrons. The average molecular weight is 318 g/mol. The molecule has 8 heteroatoms. The van der Waals surface area contributed by atoms with Gasteiger partial charge in [-0.05, 0) is 35.5 Å². The van der Waals surface area contributed by atoms with Crippen molar-refractivity contribution in [2.45, 2.75) is 19.4 Å². The fourth-order valence-electron chi connectivity index (χ4n) is 2.37. The van der Waals surface area contributed by atoms with Crippen molar-refractivity contribution in [3.63, 3.8) is 0 Å². The molecule has 0 saturated carbocycles. The van der Waals surface area contributed by atoms with Gasteiger partial charge in [-0.2, -0.15) is 16.4 Å². The van der Waals surface area contributed by atoms with Crippen molar-refractivity contribution in [1.82, 2.24) is 25.5 Å². The number of hydrogen-bond acceptors (Lipinski definition) is 6. The van der Waals surface area contributed by atoms with Gasteiger partial charge in [0.05, 0.1) is 5.69 Å². The summed E-state index contributed by atoms with van der Waals surface area (Å²) in [6.07, 6.45) is 0.487. The molecule has 1 amide bonds. The van der Waals surface area contributed by atoms with E-state index in [1.54, 1.807) is 4.68 Å². The van der Waals surface area contributed by atoms with E-state index in [2.05, 4.69) is 26.2 Å². The van der Waals surface area contributed by atoms with Gasteiger partial charge in [-0.1, -0.05) is 6.07 Å². The summed E-state index contributed by atoms with van der Waals surface area (Å²) in [7, 11) is 0. The first-order chi connectivity index (χ1) is 10.7. The zero-order chi connectivity index (χ0) is 15.4. The number of tetrazole rings is 1. The summed E-state index contributed by atoms with van der Waals surface area (Å²) in [6, 6.07) is 7.76. The first-order valence-electron chi connectivity index (χ1n) is 7.19. The molecule has 7 nitrogen and oxygen atoms in total. The van der Waals surface area contributed by atoms with Crippen LogP contribution >= 0.6 is 11.8 Å². The summed E-state index contributed by atoms with van der Waals surface area (Å²) in [5.74, 6) is 2.82. The number of benzene rings is 1. The Labute approximate surface area is 132 Å². The van der Waals surface area contributed by atoms with Gasteiger partial charge in [0.2, 0.25) is 5.91 Å². The number of rotatable bonds is 4. The van der Waals surface area contributed by atoms with E-state index in [9.17, 15) is 4.79 Å². The second kappa shape index (κ2) is 6.89. The second-order valence-electron chi connectivity index (χ2n) is 5.17. The van der Waals surface area contributed by atoms with Crippen molar-refractivity contribution in [1.29, 1.82) is 0 Å². The Kier molecular flexibility index (Phi) is 4.69. The van der Waals surface area contributed by atoms with Crippen LogP contribution < -0.4 is 10.6 Å². The van der Waals surface area contributed by atoms with Crippen LogP contribution in [0.15, 0.2) is 24.3 Å². The Morgan fingerprint density at radius 1 is 1.55 bits per heavy atom. The van der Waals surface area contributed by atoms with E-state index in [0.29, 0.717) is 12.2 Å². The maximum atomic E-state index is 12.1. The summed E-state index contributed by atoms with van der Waals surface area (Å²) in [4.78, 5) is 12.1. The quantitative estimate of drug-likeness (QED) is 0.875. The number of hydrogen-bond donors (Lipinski definition) is 2. The van der Waals surface area contributed by atoms with Crippen LogP contribution in [0.2, 0.25) is 0 Å². The van der Waals surface area contributed by atoms with Gasteiger partial charge >= 0.3 is 0 Å². The summed E-state index contributed by atoms with van der Waals surface area (Å²) < 4.78 is 1.63. The number of nitrogens with one attached hydrogen (secondary N) is 2. The van der Waals surface area contributed by atoms with Crippen molar-refractivity contribution in [2.75, 3.05) is 23.4 Å². The van der Waals surface area contributed by atoms with Crippen molar-refractivity contribution in [3.8, 4) is 5.69 Å². The molecule has 1 unspecified atom stereocenters. The highest BCUT2D eigenvalue weighted by molar-refractivity contribution is 7.99. The van der Waals surface area contributed by atoms with Gasteiger partial charge in [-0.25, -0.2) is 0 Å². The Balaban J connectivity index is 1.65. The molecular weight excluding hydrogens is 300 g/mol. The van der Waals surface area contributed by atoms with Gasteiger partial charge in [0, 0.05) is 36.2 Å². The second-order valence-corrected chi connectivity index (χ2v) is 6.32. The third kappa shape index (κ3) is 3.63. The van der Waals surface area contributed by atoms with Crippen LogP contribution in [0.1, 0.15) is 12.2 Å². The van der Waals surface area contributed by atoms with E-state index in [-0.39, 0.29) is 11.9 Å². The molecule has 1 aliphatic rings. The number of carbonyl (C=O) groups is 1. The molecular formula is C14H18N6OS. The number of amides is 1. The van der Waals surface area contributed by atoms with E-state index in [4.69, 9.17) is 0 Å². The van der Waals surface area contributed by atoms with Gasteiger partial charge in [-0.15, -0.1) is 5.10 Å². The third-order valence-electron chi connectivity index (χ3n) is 3.43. The van der Waals surface area contributed by atoms with Crippen LogP contribution in [-0.4, -0.2) is 50.2 Å². The molecule has 0 bridgehead atoms. The number of aryl methyl sites for hydroxylation is 1. The number of nitrogens with zero attached hydrogens (tertiary/aromatic N) is 4. The first-order valence-corrected chi connectivity index (χ1v) is 8.34. The fourth-order valence-corrected chi connectivity index (χ4v) is 3.32. The lowest BCUT2D eigenvalue weighted by Crippen LogP contribution is -2.39. The predicted molar refractivity (Wildman–Crippen MR) is 86.3 cm³/mol. The van der Waals surface area contributed by atoms with Gasteiger partial charge in [-0.3, -0.25) is 4.79 Å². The van der Waals surface area contributed by atoms with Gasteiger partial charge in [0.25, 0.3) is 0 Å². The molecule has 3 rings (SSSR count). The highest BCUT2D eigenvalue weighted by Crippen LogP contribution is 2.16. The molecule has 1 saturated heterocycles. The molecule has 1 aromatic heterocycles. The Bertz CT molecular complexity index is 652. The number of carbonyl (C=O) groups excluding carboxylic acids is 1. The van der Waals surface area contributed by atoms with Gasteiger partial charge in [0.1, 0.15) is 0 Å². The molecule has 22 heavy (non-hydrogen) atoms. The van der Waals surface area contributed by atoms with Crippen LogP contribution in [0.25, 0.3) is 5.69 Å². The van der Waals surface area contributed by atoms with Gasteiger partial charge in [0.15, 0.2) is 5.82 Å². The standard InChI is InChI=1S/C14H18N6OS/c1-10-17-18-19-20(10)13-4-2-3-11(7-13)16-14(21)8-12-9-22-6-5-15-12/h2-4,7,12,15H,5-6,8-9H2,1H3,(H,16,21). The van der Waals surface area contributed by atoms with E-state index in [0.717, 1.165) is 29.4 Å². The van der Waals surface area contributed by atoms with Crippen LogP contribution in [0, 0.1) is 6.92 Å². The van der Waals surface area contributed by atoms with Crippen LogP contribution in [0.5, 0.6) is 0 Å². The minimum Gasteiger partial charge on any atom is -0.326 e. The Hall–Kier alpha value is -1.93. The van der Waals surface area contributed by atoms with E-state index >= 15 is 0 Å². The van der Waals surface area contributed by atoms with E-state index in [1.165, 1.54) is 0 Å². The molecule has 1 fully saturated rings. The fraction of sp³-hybridized carbons (Fsp3) is 0.429. The van der Waals surface area contributed by atoms with Gasteiger partial charge < -0.3 is 10.6 Å². The summed E-state index contributed by atoms with van der Waals surface area (Å²) in [6.45, 7) is 2.80. The SMILES string of the molecule is Cc1nnnn1-c1cccc(NC(=O)CC2CSCCN2)c1. The molecule has 1 aromatic carbocycles. The summed E-state index contributed by atoms with van der Waals surface area (Å²) >= 11 is 1.89. The minimum absolute atomic E-state index is 0.0191. The maximum absolute atomic E-state index is 12.1. The Morgan fingerprint density at radius 3 is 3.18 bits per heavy atom. The predicted octanol–water partition coefficient (Wildman–Crippen LogP) is 1.00. The molecule has 1 aliphatic heterocycles. The van der Waals surface area contributed by atoms with E-state index in [1.807, 2.05) is 43.0 Å². The molecule has 0 spiro atoms. The normalized spacial score (nSPS) is 18.1. The molecule has 0 radical (unpaired) electrons. The minimum atomic E-state index is 0.0191. The van der Waals surface area contributed by atoms with Crippen LogP contribution in [0.4, 0.5) is 5.69 Å². The Morgan fingerprint density at radius 2 is 2.45 bits per heavy atom. The summed E-state index contributed by atoms with van der Waals surface area (Å²) in [5, 5.41) is 17.7. The molecule has 1 atom stereocenters. The zero-order valence-electron chi connectivity index (χ0n) is 12.3. The van der Waals surface area contributed by atoms with Crippen molar-refractivity contribution < 1.29 is 4.79 Å². The third-order valence-corrected chi connectivity index (χ3v) is 4.56. The zero-order valence-corrected chi connectivity index (χ0v) is 13.1. The molecule has 2 aromatic rings. The lowest BCUT2D eigenvalue weighted by Gasteiger charge is -2.22. The lowest BCUT2D eigenvalue weighted by molar-refractivity contribution is -0.116. The number of aromatic nitrogens is 4. The van der Waals surface area contributed by atoms with Crippen molar-refractivity contribution >= 4 is 23.4 Å². The van der Waals surface area contributed by atoms with Crippen LogP contribution in [0.3, 0.4) is 0 Å².